The summed E-state index contributed by atoms with van der Waals surface area (Å²) < 4.78 is 1.84. The summed E-state index contributed by atoms with van der Waals surface area (Å²) in [7, 11) is 0. The van der Waals surface area contributed by atoms with E-state index >= 15 is 0 Å². The molecule has 0 saturated heterocycles. The van der Waals surface area contributed by atoms with Gasteiger partial charge in [-0.2, -0.15) is 0 Å². The molecule has 0 fully saturated rings. The molecule has 0 spiro atoms. The summed E-state index contributed by atoms with van der Waals surface area (Å²) in [5, 5.41) is 11.5. The fourth-order valence-corrected chi connectivity index (χ4v) is 4.77. The number of aromatic nitrogens is 5. The lowest BCUT2D eigenvalue weighted by molar-refractivity contribution is 0.647. The molecule has 0 atom stereocenters. The number of fused-ring (bicyclic) bond motifs is 1. The normalized spacial score (nSPS) is 11.2. The van der Waals surface area contributed by atoms with Crippen LogP contribution >= 0.6 is 11.8 Å². The van der Waals surface area contributed by atoms with Crippen molar-refractivity contribution in [3.63, 3.8) is 0 Å². The van der Waals surface area contributed by atoms with Gasteiger partial charge in [0.15, 0.2) is 5.16 Å². The highest BCUT2D eigenvalue weighted by atomic mass is 32.2. The van der Waals surface area contributed by atoms with Crippen LogP contribution in [0.3, 0.4) is 0 Å². The molecule has 0 aliphatic heterocycles. The first-order valence-corrected chi connectivity index (χ1v) is 12.2. The quantitative estimate of drug-likeness (QED) is 0.267. The Balaban J connectivity index is 1.32. The number of aryl methyl sites for hydroxylation is 1. The number of aromatic amines is 1. The van der Waals surface area contributed by atoms with E-state index in [1.54, 1.807) is 0 Å². The first-order valence-electron chi connectivity index (χ1n) is 11.2. The molecule has 7 heteroatoms. The average molecular weight is 468 g/mol. The van der Waals surface area contributed by atoms with E-state index in [-0.39, 0.29) is 5.56 Å². The smallest absolute Gasteiger partial charge is 0.254 e. The van der Waals surface area contributed by atoms with Gasteiger partial charge in [0.05, 0.1) is 17.9 Å². The Morgan fingerprint density at radius 2 is 1.71 bits per heavy atom. The van der Waals surface area contributed by atoms with Crippen molar-refractivity contribution in [1.82, 2.24) is 25.0 Å². The van der Waals surface area contributed by atoms with Gasteiger partial charge in [-0.1, -0.05) is 83.7 Å². The predicted octanol–water partition coefficient (Wildman–Crippen LogP) is 5.06. The van der Waals surface area contributed by atoms with Crippen molar-refractivity contribution in [2.24, 2.45) is 0 Å². The average Bonchev–Trinajstić information content (AvgIpc) is 3.30. The van der Waals surface area contributed by atoms with Crippen molar-refractivity contribution >= 4 is 22.5 Å². The van der Waals surface area contributed by atoms with E-state index in [0.29, 0.717) is 29.4 Å². The zero-order valence-electron chi connectivity index (χ0n) is 19.2. The minimum absolute atomic E-state index is 0.101. The maximum absolute atomic E-state index is 12.6. The molecule has 5 rings (SSSR count). The van der Waals surface area contributed by atoms with E-state index in [0.717, 1.165) is 17.0 Å². The number of hydrogen-bond donors (Lipinski definition) is 1. The number of H-pyrrole nitrogens is 1. The van der Waals surface area contributed by atoms with Crippen LogP contribution in [0.5, 0.6) is 0 Å². The molecule has 1 N–H and O–H groups in total. The number of benzene rings is 3. The summed E-state index contributed by atoms with van der Waals surface area (Å²) in [5.41, 5.74) is 5.80. The molecule has 2 heterocycles. The highest BCUT2D eigenvalue weighted by Gasteiger charge is 2.12. The number of rotatable bonds is 7. The van der Waals surface area contributed by atoms with Gasteiger partial charge in [-0.05, 0) is 41.3 Å². The molecule has 34 heavy (non-hydrogen) atoms. The fraction of sp³-hybridized carbons (Fsp3) is 0.185. The highest BCUT2D eigenvalue weighted by molar-refractivity contribution is 7.98. The van der Waals surface area contributed by atoms with Gasteiger partial charge < -0.3 is 4.98 Å². The maximum atomic E-state index is 12.6. The van der Waals surface area contributed by atoms with E-state index in [9.17, 15) is 4.79 Å². The third-order valence-electron chi connectivity index (χ3n) is 6.00. The lowest BCUT2D eigenvalue weighted by Crippen LogP contribution is -2.16. The molecule has 3 aromatic carbocycles. The van der Waals surface area contributed by atoms with Crippen molar-refractivity contribution in [3.05, 3.63) is 117 Å². The highest BCUT2D eigenvalue weighted by Crippen LogP contribution is 2.23. The van der Waals surface area contributed by atoms with Crippen LogP contribution in [-0.4, -0.2) is 25.0 Å². The lowest BCUT2D eigenvalue weighted by Gasteiger charge is -2.09. The first-order chi connectivity index (χ1) is 16.6. The zero-order valence-corrected chi connectivity index (χ0v) is 20.0. The Labute approximate surface area is 202 Å². The summed E-state index contributed by atoms with van der Waals surface area (Å²) in [6.07, 6.45) is 2.56. The molecular weight excluding hydrogens is 442 g/mol. The standard InChI is InChI=1S/C27H25N5OS/c1-18-8-3-4-10-22(18)15-32-16-23(30-31-32)17-34-27-28-25(19(2)26(33)29-27)14-21-12-7-11-20-9-5-6-13-24(20)21/h3-13,16H,14-15,17H2,1-2H3,(H,28,29,33). The maximum Gasteiger partial charge on any atom is 0.254 e. The Bertz CT molecular complexity index is 1520. The summed E-state index contributed by atoms with van der Waals surface area (Å²) in [5.74, 6) is 0.577. The van der Waals surface area contributed by atoms with Gasteiger partial charge in [0.25, 0.3) is 5.56 Å². The molecule has 0 bridgehead atoms. The second-order valence-corrected chi connectivity index (χ2v) is 9.34. The Morgan fingerprint density at radius 1 is 0.941 bits per heavy atom. The molecular formula is C27H25N5OS. The van der Waals surface area contributed by atoms with Crippen molar-refractivity contribution < 1.29 is 0 Å². The minimum atomic E-state index is -0.101. The van der Waals surface area contributed by atoms with Crippen LogP contribution in [0.2, 0.25) is 0 Å². The number of nitrogens with one attached hydrogen (secondary N) is 1. The van der Waals surface area contributed by atoms with Crippen molar-refractivity contribution in [2.75, 3.05) is 0 Å². The van der Waals surface area contributed by atoms with Gasteiger partial charge in [0, 0.05) is 23.9 Å². The fourth-order valence-electron chi connectivity index (χ4n) is 4.01. The predicted molar refractivity (Wildman–Crippen MR) is 136 cm³/mol. The minimum Gasteiger partial charge on any atom is -0.301 e. The van der Waals surface area contributed by atoms with Crippen LogP contribution in [0.25, 0.3) is 10.8 Å². The van der Waals surface area contributed by atoms with Crippen molar-refractivity contribution in [3.8, 4) is 0 Å². The largest absolute Gasteiger partial charge is 0.301 e. The van der Waals surface area contributed by atoms with Crippen LogP contribution in [-0.2, 0) is 18.7 Å². The monoisotopic (exact) mass is 467 g/mol. The number of hydrogen-bond acceptors (Lipinski definition) is 5. The van der Waals surface area contributed by atoms with E-state index in [1.165, 1.54) is 33.7 Å². The first kappa shape index (κ1) is 22.1. The van der Waals surface area contributed by atoms with E-state index in [2.05, 4.69) is 64.7 Å². The van der Waals surface area contributed by atoms with Crippen molar-refractivity contribution in [2.45, 2.75) is 37.7 Å². The Hall–Kier alpha value is -3.71. The molecule has 2 aromatic heterocycles. The third-order valence-corrected chi connectivity index (χ3v) is 6.91. The summed E-state index contributed by atoms with van der Waals surface area (Å²) in [6, 6.07) is 22.8. The van der Waals surface area contributed by atoms with E-state index in [4.69, 9.17) is 4.98 Å². The molecule has 5 aromatic rings. The van der Waals surface area contributed by atoms with Crippen LogP contribution in [0, 0.1) is 13.8 Å². The Morgan fingerprint density at radius 3 is 2.59 bits per heavy atom. The Kier molecular flexibility index (Phi) is 6.27. The molecule has 0 aliphatic carbocycles. The molecule has 0 radical (unpaired) electrons. The molecule has 0 amide bonds. The third kappa shape index (κ3) is 4.79. The lowest BCUT2D eigenvalue weighted by atomic mass is 9.99. The van der Waals surface area contributed by atoms with Crippen LogP contribution in [0.15, 0.2) is 82.9 Å². The second-order valence-electron chi connectivity index (χ2n) is 8.38. The van der Waals surface area contributed by atoms with Gasteiger partial charge in [-0.25, -0.2) is 9.67 Å². The van der Waals surface area contributed by atoms with E-state index in [1.807, 2.05) is 42.1 Å². The van der Waals surface area contributed by atoms with Gasteiger partial charge in [-0.15, -0.1) is 5.10 Å². The molecule has 6 nitrogen and oxygen atoms in total. The van der Waals surface area contributed by atoms with Crippen LogP contribution < -0.4 is 5.56 Å². The summed E-state index contributed by atoms with van der Waals surface area (Å²) in [6.45, 7) is 4.61. The summed E-state index contributed by atoms with van der Waals surface area (Å²) in [4.78, 5) is 20.3. The molecule has 0 unspecified atom stereocenters. The van der Waals surface area contributed by atoms with Crippen LogP contribution in [0.4, 0.5) is 0 Å². The summed E-state index contributed by atoms with van der Waals surface area (Å²) >= 11 is 1.47. The van der Waals surface area contributed by atoms with E-state index < -0.39 is 0 Å². The number of thioether (sulfide) groups is 1. The molecule has 0 aliphatic rings. The molecule has 0 saturated carbocycles. The second kappa shape index (κ2) is 9.65. The van der Waals surface area contributed by atoms with Gasteiger partial charge in [-0.3, -0.25) is 4.79 Å². The SMILES string of the molecule is Cc1ccccc1Cn1cc(CSc2nc(Cc3cccc4ccccc34)c(C)c(=O)[nH]2)nn1. The van der Waals surface area contributed by atoms with Crippen molar-refractivity contribution in [1.29, 1.82) is 0 Å². The topological polar surface area (TPSA) is 76.5 Å². The van der Waals surface area contributed by atoms with Crippen LogP contribution in [0.1, 0.15) is 33.6 Å². The van der Waals surface area contributed by atoms with Gasteiger partial charge in [0.2, 0.25) is 0 Å². The number of nitrogens with zero attached hydrogens (tertiary/aromatic N) is 4. The van der Waals surface area contributed by atoms with Gasteiger partial charge >= 0.3 is 0 Å². The molecule has 170 valence electrons. The zero-order chi connectivity index (χ0) is 23.5. The van der Waals surface area contributed by atoms with Gasteiger partial charge in [0.1, 0.15) is 0 Å².